The molecule has 16 heavy (non-hydrogen) atoms. The molecule has 0 fully saturated rings. The van der Waals surface area contributed by atoms with Crippen molar-refractivity contribution in [2.45, 2.75) is 19.3 Å². The van der Waals surface area contributed by atoms with Crippen molar-refractivity contribution in [3.8, 4) is 0 Å². The number of aryl methyl sites for hydroxylation is 1. The second-order valence-corrected chi connectivity index (χ2v) is 3.56. The summed E-state index contributed by atoms with van der Waals surface area (Å²) in [4.78, 5) is 21.2. The van der Waals surface area contributed by atoms with Gasteiger partial charge in [-0.05, 0) is 24.8 Å². The number of primary amides is 1. The van der Waals surface area contributed by atoms with Gasteiger partial charge in [0.15, 0.2) is 0 Å². The molecule has 0 bridgehead atoms. The van der Waals surface area contributed by atoms with Crippen molar-refractivity contribution < 1.29 is 9.59 Å². The lowest BCUT2D eigenvalue weighted by atomic mass is 10.1. The Labute approximate surface area is 94.8 Å². The molecule has 0 aliphatic carbocycles. The maximum absolute atomic E-state index is 10.8. The van der Waals surface area contributed by atoms with Crippen LogP contribution in [0.2, 0.25) is 0 Å². The summed E-state index contributed by atoms with van der Waals surface area (Å²) in [5.41, 5.74) is 6.07. The zero-order valence-electron chi connectivity index (χ0n) is 9.11. The van der Waals surface area contributed by atoms with Gasteiger partial charge >= 0.3 is 11.8 Å². The average molecular weight is 220 g/mol. The third kappa shape index (κ3) is 4.59. The Morgan fingerprint density at radius 1 is 1.12 bits per heavy atom. The first-order valence-electron chi connectivity index (χ1n) is 5.31. The van der Waals surface area contributed by atoms with Gasteiger partial charge in [0, 0.05) is 6.54 Å². The number of hydrogen-bond acceptors (Lipinski definition) is 2. The summed E-state index contributed by atoms with van der Waals surface area (Å²) in [5, 5.41) is 2.45. The molecule has 0 aliphatic rings. The highest BCUT2D eigenvalue weighted by Crippen LogP contribution is 2.03. The molecule has 3 N–H and O–H groups in total. The Kier molecular flexibility index (Phi) is 5.05. The van der Waals surface area contributed by atoms with Crippen LogP contribution in [0.3, 0.4) is 0 Å². The van der Waals surface area contributed by atoms with Gasteiger partial charge in [-0.15, -0.1) is 0 Å². The second kappa shape index (κ2) is 6.61. The van der Waals surface area contributed by atoms with E-state index in [1.54, 1.807) is 0 Å². The summed E-state index contributed by atoms with van der Waals surface area (Å²) in [5.74, 6) is -1.64. The third-order valence-electron chi connectivity index (χ3n) is 2.24. The minimum Gasteiger partial charge on any atom is -0.361 e. The van der Waals surface area contributed by atoms with Gasteiger partial charge in [0.1, 0.15) is 0 Å². The second-order valence-electron chi connectivity index (χ2n) is 3.56. The molecular weight excluding hydrogens is 204 g/mol. The molecule has 0 atom stereocenters. The minimum absolute atomic E-state index is 0.495. The molecule has 0 saturated heterocycles. The standard InChI is InChI=1S/C12H16N2O2/c13-11(15)12(16)14-9-5-4-8-10-6-2-1-3-7-10/h1-3,6-7H,4-5,8-9H2,(H2,13,15)(H,14,16). The highest BCUT2D eigenvalue weighted by atomic mass is 16.2. The van der Waals surface area contributed by atoms with Gasteiger partial charge in [-0.1, -0.05) is 30.3 Å². The van der Waals surface area contributed by atoms with E-state index in [0.29, 0.717) is 6.54 Å². The minimum atomic E-state index is -0.928. The van der Waals surface area contributed by atoms with Gasteiger partial charge < -0.3 is 11.1 Å². The lowest BCUT2D eigenvalue weighted by molar-refractivity contribution is -0.137. The molecule has 4 nitrogen and oxygen atoms in total. The highest BCUT2D eigenvalue weighted by molar-refractivity contribution is 6.34. The Hall–Kier alpha value is -1.84. The largest absolute Gasteiger partial charge is 0.361 e. The molecule has 1 rings (SSSR count). The monoisotopic (exact) mass is 220 g/mol. The van der Waals surface area contributed by atoms with Crippen molar-refractivity contribution in [2.75, 3.05) is 6.54 Å². The SMILES string of the molecule is NC(=O)C(=O)NCCCCc1ccccc1. The van der Waals surface area contributed by atoms with E-state index in [-0.39, 0.29) is 0 Å². The molecule has 2 amide bonds. The first kappa shape index (κ1) is 12.2. The number of rotatable bonds is 5. The Morgan fingerprint density at radius 2 is 1.81 bits per heavy atom. The van der Waals surface area contributed by atoms with Crippen molar-refractivity contribution >= 4 is 11.8 Å². The summed E-state index contributed by atoms with van der Waals surface area (Å²) < 4.78 is 0. The molecule has 0 unspecified atom stereocenters. The van der Waals surface area contributed by atoms with Crippen LogP contribution in [0.15, 0.2) is 30.3 Å². The first-order valence-corrected chi connectivity index (χ1v) is 5.31. The van der Waals surface area contributed by atoms with Crippen LogP contribution >= 0.6 is 0 Å². The van der Waals surface area contributed by atoms with Crippen LogP contribution in [0.25, 0.3) is 0 Å². The lowest BCUT2D eigenvalue weighted by Gasteiger charge is -2.02. The van der Waals surface area contributed by atoms with E-state index >= 15 is 0 Å². The Balaban J connectivity index is 2.09. The van der Waals surface area contributed by atoms with Gasteiger partial charge in [0.05, 0.1) is 0 Å². The van der Waals surface area contributed by atoms with E-state index in [2.05, 4.69) is 17.4 Å². The molecule has 0 spiro atoms. The van der Waals surface area contributed by atoms with Crippen LogP contribution in [0.1, 0.15) is 18.4 Å². The van der Waals surface area contributed by atoms with E-state index in [1.165, 1.54) is 5.56 Å². The van der Waals surface area contributed by atoms with Gasteiger partial charge in [0.25, 0.3) is 0 Å². The smallest absolute Gasteiger partial charge is 0.309 e. The number of benzene rings is 1. The Morgan fingerprint density at radius 3 is 2.44 bits per heavy atom. The van der Waals surface area contributed by atoms with E-state index in [4.69, 9.17) is 5.73 Å². The maximum Gasteiger partial charge on any atom is 0.309 e. The Bertz CT molecular complexity index is 349. The van der Waals surface area contributed by atoms with Crippen LogP contribution in [0, 0.1) is 0 Å². The van der Waals surface area contributed by atoms with Crippen LogP contribution in [0.4, 0.5) is 0 Å². The highest BCUT2D eigenvalue weighted by Gasteiger charge is 2.05. The summed E-state index contributed by atoms with van der Waals surface area (Å²) in [7, 11) is 0. The van der Waals surface area contributed by atoms with Crippen LogP contribution in [0.5, 0.6) is 0 Å². The first-order chi connectivity index (χ1) is 7.70. The summed E-state index contributed by atoms with van der Waals surface area (Å²) in [6.45, 7) is 0.495. The number of hydrogen-bond donors (Lipinski definition) is 2. The molecule has 0 heterocycles. The van der Waals surface area contributed by atoms with Crippen molar-refractivity contribution in [1.29, 1.82) is 0 Å². The van der Waals surface area contributed by atoms with Crippen LogP contribution in [-0.2, 0) is 16.0 Å². The van der Waals surface area contributed by atoms with Gasteiger partial charge in [-0.25, -0.2) is 0 Å². The van der Waals surface area contributed by atoms with E-state index in [1.807, 2.05) is 18.2 Å². The van der Waals surface area contributed by atoms with Crippen LogP contribution in [-0.4, -0.2) is 18.4 Å². The molecule has 0 aliphatic heterocycles. The number of carbonyl (C=O) groups is 2. The molecule has 1 aromatic rings. The topological polar surface area (TPSA) is 72.2 Å². The van der Waals surface area contributed by atoms with Crippen molar-refractivity contribution in [3.05, 3.63) is 35.9 Å². The molecule has 0 saturated carbocycles. The van der Waals surface area contributed by atoms with E-state index in [9.17, 15) is 9.59 Å². The fraction of sp³-hybridized carbons (Fsp3) is 0.333. The predicted molar refractivity (Wildman–Crippen MR) is 61.6 cm³/mol. The molecule has 86 valence electrons. The van der Waals surface area contributed by atoms with Crippen molar-refractivity contribution in [1.82, 2.24) is 5.32 Å². The number of carbonyl (C=O) groups excluding carboxylic acids is 2. The zero-order valence-corrected chi connectivity index (χ0v) is 9.11. The van der Waals surface area contributed by atoms with Crippen molar-refractivity contribution in [3.63, 3.8) is 0 Å². The van der Waals surface area contributed by atoms with Gasteiger partial charge in [-0.3, -0.25) is 9.59 Å². The molecular formula is C12H16N2O2. The molecule has 0 radical (unpaired) electrons. The normalized spacial score (nSPS) is 9.75. The molecule has 4 heteroatoms. The summed E-state index contributed by atoms with van der Waals surface area (Å²) >= 11 is 0. The summed E-state index contributed by atoms with van der Waals surface area (Å²) in [6.07, 6.45) is 2.80. The average Bonchev–Trinajstić information content (AvgIpc) is 2.29. The number of amides is 2. The number of unbranched alkanes of at least 4 members (excludes halogenated alkanes) is 1. The summed E-state index contributed by atoms with van der Waals surface area (Å²) in [6, 6.07) is 10.1. The van der Waals surface area contributed by atoms with Crippen LogP contribution < -0.4 is 11.1 Å². The van der Waals surface area contributed by atoms with E-state index < -0.39 is 11.8 Å². The molecule has 0 aromatic heterocycles. The number of nitrogens with one attached hydrogen (secondary N) is 1. The number of nitrogens with two attached hydrogens (primary N) is 1. The third-order valence-corrected chi connectivity index (χ3v) is 2.24. The quantitative estimate of drug-likeness (QED) is 0.563. The van der Waals surface area contributed by atoms with E-state index in [0.717, 1.165) is 19.3 Å². The lowest BCUT2D eigenvalue weighted by Crippen LogP contribution is -2.36. The van der Waals surface area contributed by atoms with Gasteiger partial charge in [0.2, 0.25) is 0 Å². The molecule has 1 aromatic carbocycles. The van der Waals surface area contributed by atoms with Gasteiger partial charge in [-0.2, -0.15) is 0 Å². The zero-order chi connectivity index (χ0) is 11.8. The predicted octanol–water partition coefficient (Wildman–Crippen LogP) is 0.611. The maximum atomic E-state index is 10.8. The van der Waals surface area contributed by atoms with Crippen molar-refractivity contribution in [2.24, 2.45) is 5.73 Å². The fourth-order valence-electron chi connectivity index (χ4n) is 1.39. The fourth-order valence-corrected chi connectivity index (χ4v) is 1.39.